The fourth-order valence-electron chi connectivity index (χ4n) is 7.60. The lowest BCUT2D eigenvalue weighted by Crippen LogP contribution is -2.58. The SMILES string of the molecule is CC(=O)OCC12CCC(=O)C(C)(C)C1CC(O)C1=C2CCC2(C)C(OC(C)=O)CCC12. The minimum Gasteiger partial charge on any atom is -0.465 e. The average Bonchev–Trinajstić information content (AvgIpc) is 3.00. The van der Waals surface area contributed by atoms with E-state index in [9.17, 15) is 19.5 Å². The molecule has 0 aliphatic heterocycles. The summed E-state index contributed by atoms with van der Waals surface area (Å²) in [6.07, 6.45) is 4.20. The standard InChI is InChI=1S/C25H36O6/c1-14(26)30-13-25-11-9-20(29)23(3,4)19(25)12-18(28)22-16-6-7-21(31-15(2)27)24(16,5)10-8-17(22)25/h16,18-19,21,28H,6-13H2,1-5H3. The first-order valence-electron chi connectivity index (χ1n) is 11.7. The van der Waals surface area contributed by atoms with Gasteiger partial charge in [-0.05, 0) is 55.9 Å². The Kier molecular flexibility index (Phi) is 5.39. The number of rotatable bonds is 3. The van der Waals surface area contributed by atoms with Crippen molar-refractivity contribution >= 4 is 17.7 Å². The summed E-state index contributed by atoms with van der Waals surface area (Å²) in [5, 5.41) is 11.4. The molecule has 4 aliphatic carbocycles. The summed E-state index contributed by atoms with van der Waals surface area (Å²) in [7, 11) is 0. The van der Waals surface area contributed by atoms with E-state index in [1.807, 2.05) is 13.8 Å². The fourth-order valence-corrected chi connectivity index (χ4v) is 7.60. The highest BCUT2D eigenvalue weighted by molar-refractivity contribution is 5.86. The molecule has 0 spiro atoms. The van der Waals surface area contributed by atoms with Crippen LogP contribution in [-0.4, -0.2) is 41.6 Å². The number of carbonyl (C=O) groups excluding carboxylic acids is 3. The molecule has 31 heavy (non-hydrogen) atoms. The molecule has 6 atom stereocenters. The lowest BCUT2D eigenvalue weighted by atomic mass is 9.45. The van der Waals surface area contributed by atoms with E-state index in [-0.39, 0.29) is 47.7 Å². The van der Waals surface area contributed by atoms with Crippen molar-refractivity contribution in [2.24, 2.45) is 28.1 Å². The largest absolute Gasteiger partial charge is 0.465 e. The molecule has 0 aromatic carbocycles. The second-order valence-electron chi connectivity index (χ2n) is 11.1. The predicted molar refractivity (Wildman–Crippen MR) is 114 cm³/mol. The Labute approximate surface area is 184 Å². The molecular formula is C25H36O6. The van der Waals surface area contributed by atoms with E-state index in [1.165, 1.54) is 19.4 Å². The van der Waals surface area contributed by atoms with Crippen molar-refractivity contribution in [2.75, 3.05) is 6.61 Å². The van der Waals surface area contributed by atoms with Crippen molar-refractivity contribution in [3.63, 3.8) is 0 Å². The van der Waals surface area contributed by atoms with Gasteiger partial charge in [0.2, 0.25) is 0 Å². The summed E-state index contributed by atoms with van der Waals surface area (Å²) in [5.41, 5.74) is 1.12. The number of ether oxygens (including phenoxy) is 2. The molecule has 4 rings (SSSR count). The van der Waals surface area contributed by atoms with Crippen LogP contribution in [-0.2, 0) is 23.9 Å². The highest BCUT2D eigenvalue weighted by Gasteiger charge is 2.63. The Hall–Kier alpha value is -1.69. The molecule has 4 aliphatic rings. The Balaban J connectivity index is 1.81. The van der Waals surface area contributed by atoms with Crippen LogP contribution in [0.1, 0.15) is 79.6 Å². The Bertz CT molecular complexity index is 841. The maximum atomic E-state index is 12.8. The zero-order chi connectivity index (χ0) is 22.8. The van der Waals surface area contributed by atoms with Crippen LogP contribution in [0.3, 0.4) is 0 Å². The number of aliphatic hydroxyl groups is 1. The molecule has 0 heterocycles. The minimum absolute atomic E-state index is 0.0654. The summed E-state index contributed by atoms with van der Waals surface area (Å²) >= 11 is 0. The highest BCUT2D eigenvalue weighted by Crippen LogP contribution is 2.66. The van der Waals surface area contributed by atoms with Crippen molar-refractivity contribution in [2.45, 2.75) is 91.8 Å². The van der Waals surface area contributed by atoms with Gasteiger partial charge >= 0.3 is 11.9 Å². The van der Waals surface area contributed by atoms with E-state index in [2.05, 4.69) is 6.92 Å². The minimum atomic E-state index is -0.615. The molecule has 0 bridgehead atoms. The molecule has 0 saturated heterocycles. The van der Waals surface area contributed by atoms with Gasteiger partial charge in [-0.1, -0.05) is 26.3 Å². The van der Waals surface area contributed by atoms with Crippen LogP contribution in [0.4, 0.5) is 0 Å². The van der Waals surface area contributed by atoms with Gasteiger partial charge in [-0.2, -0.15) is 0 Å². The van der Waals surface area contributed by atoms with Crippen LogP contribution >= 0.6 is 0 Å². The van der Waals surface area contributed by atoms with E-state index >= 15 is 0 Å². The number of carbonyl (C=O) groups is 3. The quantitative estimate of drug-likeness (QED) is 0.540. The summed E-state index contributed by atoms with van der Waals surface area (Å²) in [6.45, 7) is 9.31. The van der Waals surface area contributed by atoms with Gasteiger partial charge in [-0.15, -0.1) is 0 Å². The van der Waals surface area contributed by atoms with Crippen molar-refractivity contribution in [1.82, 2.24) is 0 Å². The zero-order valence-electron chi connectivity index (χ0n) is 19.5. The maximum absolute atomic E-state index is 12.8. The number of Topliss-reactive ketones (excluding diaryl/α,β-unsaturated/α-hetero) is 1. The first kappa shape index (κ1) is 22.5. The molecule has 0 aromatic heterocycles. The molecule has 0 aromatic rings. The molecule has 6 heteroatoms. The summed E-state index contributed by atoms with van der Waals surface area (Å²) in [6, 6.07) is 0. The predicted octanol–water partition coefficient (Wildman–Crippen LogP) is 3.74. The molecule has 2 fully saturated rings. The Morgan fingerprint density at radius 1 is 1.06 bits per heavy atom. The van der Waals surface area contributed by atoms with Gasteiger partial charge in [-0.25, -0.2) is 0 Å². The van der Waals surface area contributed by atoms with Crippen molar-refractivity contribution in [1.29, 1.82) is 0 Å². The third kappa shape index (κ3) is 3.28. The molecule has 0 amide bonds. The summed E-state index contributed by atoms with van der Waals surface area (Å²) in [5.74, 6) is -0.262. The van der Waals surface area contributed by atoms with E-state index < -0.39 is 16.9 Å². The van der Waals surface area contributed by atoms with E-state index in [0.717, 1.165) is 31.3 Å². The van der Waals surface area contributed by atoms with E-state index in [1.54, 1.807) is 0 Å². The molecular weight excluding hydrogens is 396 g/mol. The normalized spacial score (nSPS) is 41.2. The van der Waals surface area contributed by atoms with Gasteiger partial charge in [0.15, 0.2) is 0 Å². The molecule has 172 valence electrons. The molecule has 6 unspecified atom stereocenters. The highest BCUT2D eigenvalue weighted by atomic mass is 16.5. The number of esters is 2. The fraction of sp³-hybridized carbons (Fsp3) is 0.800. The smallest absolute Gasteiger partial charge is 0.302 e. The maximum Gasteiger partial charge on any atom is 0.302 e. The van der Waals surface area contributed by atoms with E-state index in [4.69, 9.17) is 9.47 Å². The topological polar surface area (TPSA) is 89.9 Å². The van der Waals surface area contributed by atoms with Crippen LogP contribution in [0, 0.1) is 28.1 Å². The Morgan fingerprint density at radius 3 is 2.42 bits per heavy atom. The van der Waals surface area contributed by atoms with Crippen LogP contribution in [0.25, 0.3) is 0 Å². The second-order valence-corrected chi connectivity index (χ2v) is 11.1. The molecule has 0 radical (unpaired) electrons. The molecule has 2 saturated carbocycles. The average molecular weight is 433 g/mol. The lowest BCUT2D eigenvalue weighted by Gasteiger charge is -2.59. The van der Waals surface area contributed by atoms with Gasteiger partial charge < -0.3 is 14.6 Å². The number of fused-ring (bicyclic) bond motifs is 4. The van der Waals surface area contributed by atoms with Crippen LogP contribution in [0.5, 0.6) is 0 Å². The first-order chi connectivity index (χ1) is 14.4. The number of hydrogen-bond donors (Lipinski definition) is 1. The van der Waals surface area contributed by atoms with Crippen LogP contribution in [0.2, 0.25) is 0 Å². The Morgan fingerprint density at radius 2 is 1.77 bits per heavy atom. The van der Waals surface area contributed by atoms with Crippen LogP contribution < -0.4 is 0 Å². The molecule has 6 nitrogen and oxygen atoms in total. The second kappa shape index (κ2) is 7.43. The first-order valence-corrected chi connectivity index (χ1v) is 11.7. The third-order valence-electron chi connectivity index (χ3n) is 9.20. The summed E-state index contributed by atoms with van der Waals surface area (Å²) < 4.78 is 11.3. The zero-order valence-corrected chi connectivity index (χ0v) is 19.5. The number of hydrogen-bond acceptors (Lipinski definition) is 6. The van der Waals surface area contributed by atoms with E-state index in [0.29, 0.717) is 19.3 Å². The number of ketones is 1. The van der Waals surface area contributed by atoms with Crippen molar-refractivity contribution in [3.05, 3.63) is 11.1 Å². The lowest BCUT2D eigenvalue weighted by molar-refractivity contribution is -0.156. The summed E-state index contributed by atoms with van der Waals surface area (Å²) in [4.78, 5) is 36.3. The van der Waals surface area contributed by atoms with Gasteiger partial charge in [0, 0.05) is 36.5 Å². The van der Waals surface area contributed by atoms with Gasteiger partial charge in [0.05, 0.1) is 6.10 Å². The molecule has 1 N–H and O–H groups in total. The van der Waals surface area contributed by atoms with Crippen molar-refractivity contribution in [3.8, 4) is 0 Å². The van der Waals surface area contributed by atoms with Crippen molar-refractivity contribution < 1.29 is 29.0 Å². The van der Waals surface area contributed by atoms with Gasteiger partial charge in [-0.3, -0.25) is 14.4 Å². The van der Waals surface area contributed by atoms with Gasteiger partial charge in [0.25, 0.3) is 0 Å². The third-order valence-corrected chi connectivity index (χ3v) is 9.20. The number of aliphatic hydroxyl groups excluding tert-OH is 1. The monoisotopic (exact) mass is 432 g/mol. The van der Waals surface area contributed by atoms with Crippen LogP contribution in [0.15, 0.2) is 11.1 Å². The van der Waals surface area contributed by atoms with Gasteiger partial charge in [0.1, 0.15) is 18.5 Å².